The van der Waals surface area contributed by atoms with Crippen molar-refractivity contribution in [2.24, 2.45) is 0 Å². The number of aryl methyl sites for hydroxylation is 2. The predicted molar refractivity (Wildman–Crippen MR) is 112 cm³/mol. The molecule has 4 aromatic rings. The lowest BCUT2D eigenvalue weighted by Crippen LogP contribution is -2.31. The summed E-state index contributed by atoms with van der Waals surface area (Å²) in [5.74, 6) is 0.0211. The maximum Gasteiger partial charge on any atom is 0.270 e. The van der Waals surface area contributed by atoms with E-state index in [2.05, 4.69) is 30.1 Å². The number of thiazole rings is 1. The van der Waals surface area contributed by atoms with E-state index in [4.69, 9.17) is 4.98 Å². The number of thiophene rings is 1. The first-order valence-electron chi connectivity index (χ1n) is 8.96. The second kappa shape index (κ2) is 8.02. The van der Waals surface area contributed by atoms with Gasteiger partial charge in [-0.2, -0.15) is 0 Å². The zero-order chi connectivity index (χ0) is 18.6. The summed E-state index contributed by atoms with van der Waals surface area (Å²) in [5, 5.41) is 2.71. The fourth-order valence-electron chi connectivity index (χ4n) is 3.04. The molecule has 0 bridgehead atoms. The largest absolute Gasteiger partial charge is 0.337 e. The molecule has 3 heterocycles. The summed E-state index contributed by atoms with van der Waals surface area (Å²) >= 11 is 3.06. The Hall–Kier alpha value is -2.51. The van der Waals surface area contributed by atoms with E-state index in [1.54, 1.807) is 23.9 Å². The van der Waals surface area contributed by atoms with E-state index in [1.807, 2.05) is 33.2 Å². The molecule has 0 N–H and O–H groups in total. The van der Waals surface area contributed by atoms with Gasteiger partial charge in [0.25, 0.3) is 5.91 Å². The molecule has 0 aliphatic carbocycles. The predicted octanol–water partition coefficient (Wildman–Crippen LogP) is 4.85. The Morgan fingerprint density at radius 2 is 2.19 bits per heavy atom. The molecule has 0 fully saturated rings. The van der Waals surface area contributed by atoms with E-state index in [-0.39, 0.29) is 5.91 Å². The summed E-state index contributed by atoms with van der Waals surface area (Å²) in [7, 11) is 0. The smallest absolute Gasteiger partial charge is 0.270 e. The monoisotopic (exact) mass is 396 g/mol. The van der Waals surface area contributed by atoms with Gasteiger partial charge in [-0.25, -0.2) is 9.97 Å². The van der Waals surface area contributed by atoms with E-state index in [0.717, 1.165) is 39.6 Å². The molecule has 0 unspecified atom stereocenters. The number of fused-ring (bicyclic) bond motifs is 1. The van der Waals surface area contributed by atoms with Crippen molar-refractivity contribution < 1.29 is 4.79 Å². The minimum absolute atomic E-state index is 0.0211. The zero-order valence-corrected chi connectivity index (χ0v) is 16.7. The lowest BCUT2D eigenvalue weighted by Gasteiger charge is -2.19. The number of anilines is 1. The van der Waals surface area contributed by atoms with Crippen LogP contribution in [0.5, 0.6) is 0 Å². The van der Waals surface area contributed by atoms with Crippen LogP contribution in [0.15, 0.2) is 54.4 Å². The second-order valence-corrected chi connectivity index (χ2v) is 8.16. The van der Waals surface area contributed by atoms with Crippen molar-refractivity contribution in [3.8, 4) is 0 Å². The first-order valence-corrected chi connectivity index (χ1v) is 10.7. The fraction of sp³-hybridized carbons (Fsp3) is 0.250. The molecule has 0 radical (unpaired) electrons. The van der Waals surface area contributed by atoms with Crippen molar-refractivity contribution in [3.05, 3.63) is 64.9 Å². The molecular weight excluding hydrogens is 376 g/mol. The number of rotatable bonds is 7. The number of carbonyl (C=O) groups excluding carboxylic acids is 1. The average Bonchev–Trinajstić information content (AvgIpc) is 3.45. The van der Waals surface area contributed by atoms with Gasteiger partial charge in [0.2, 0.25) is 0 Å². The molecule has 3 aromatic heterocycles. The average molecular weight is 397 g/mol. The molecule has 0 atom stereocenters. The molecule has 0 aliphatic heterocycles. The van der Waals surface area contributed by atoms with Gasteiger partial charge in [0, 0.05) is 25.5 Å². The number of nitrogens with zero attached hydrogens (tertiary/aromatic N) is 4. The summed E-state index contributed by atoms with van der Waals surface area (Å²) in [5.41, 5.74) is 2.23. The van der Waals surface area contributed by atoms with Gasteiger partial charge in [-0.15, -0.1) is 11.3 Å². The van der Waals surface area contributed by atoms with E-state index in [0.29, 0.717) is 6.54 Å². The molecule has 7 heteroatoms. The summed E-state index contributed by atoms with van der Waals surface area (Å²) in [6, 6.07) is 10.0. The van der Waals surface area contributed by atoms with Crippen LogP contribution in [0.3, 0.4) is 0 Å². The van der Waals surface area contributed by atoms with Crippen LogP contribution in [0.2, 0.25) is 0 Å². The van der Waals surface area contributed by atoms with Gasteiger partial charge in [-0.05, 0) is 35.9 Å². The van der Waals surface area contributed by atoms with Crippen LogP contribution in [0.1, 0.15) is 28.6 Å². The number of hydrogen-bond donors (Lipinski definition) is 0. The molecule has 4 rings (SSSR count). The van der Waals surface area contributed by atoms with E-state index >= 15 is 0 Å². The van der Waals surface area contributed by atoms with Crippen LogP contribution in [0.4, 0.5) is 5.13 Å². The standard InChI is InChI=1S/C20H20N4OS2/c1-2-15-6-3-7-16-18(15)22-20(27-16)24(19(25)17-8-4-13-26-17)11-5-10-23-12-9-21-14-23/h3-4,6-9,12-14H,2,5,10-11H2,1H3. The Morgan fingerprint density at radius 3 is 2.93 bits per heavy atom. The van der Waals surface area contributed by atoms with Gasteiger partial charge < -0.3 is 4.57 Å². The van der Waals surface area contributed by atoms with Gasteiger partial charge in [0.05, 0.1) is 21.4 Å². The van der Waals surface area contributed by atoms with Crippen molar-refractivity contribution >= 4 is 43.9 Å². The van der Waals surface area contributed by atoms with Crippen molar-refractivity contribution in [1.82, 2.24) is 14.5 Å². The van der Waals surface area contributed by atoms with Crippen molar-refractivity contribution in [2.45, 2.75) is 26.3 Å². The molecule has 1 amide bonds. The number of hydrogen-bond acceptors (Lipinski definition) is 5. The molecule has 5 nitrogen and oxygen atoms in total. The molecule has 0 saturated carbocycles. The maximum absolute atomic E-state index is 13.1. The fourth-order valence-corrected chi connectivity index (χ4v) is 4.75. The lowest BCUT2D eigenvalue weighted by atomic mass is 10.1. The van der Waals surface area contributed by atoms with Gasteiger partial charge in [-0.1, -0.05) is 36.5 Å². The summed E-state index contributed by atoms with van der Waals surface area (Å²) in [6.45, 7) is 3.57. The van der Waals surface area contributed by atoms with Crippen LogP contribution in [-0.4, -0.2) is 27.0 Å². The van der Waals surface area contributed by atoms with Crippen molar-refractivity contribution in [1.29, 1.82) is 0 Å². The van der Waals surface area contributed by atoms with Crippen LogP contribution < -0.4 is 4.90 Å². The number of aromatic nitrogens is 3. The zero-order valence-electron chi connectivity index (χ0n) is 15.0. The Kier molecular flexibility index (Phi) is 5.31. The molecule has 138 valence electrons. The third kappa shape index (κ3) is 3.79. The minimum Gasteiger partial charge on any atom is -0.337 e. The van der Waals surface area contributed by atoms with Gasteiger partial charge in [0.15, 0.2) is 5.13 Å². The molecule has 0 saturated heterocycles. The van der Waals surface area contributed by atoms with Crippen LogP contribution >= 0.6 is 22.7 Å². The normalized spacial score (nSPS) is 11.1. The molecule has 27 heavy (non-hydrogen) atoms. The third-order valence-corrected chi connectivity index (χ3v) is 6.34. The Morgan fingerprint density at radius 1 is 1.26 bits per heavy atom. The summed E-state index contributed by atoms with van der Waals surface area (Å²) in [4.78, 5) is 24.6. The van der Waals surface area contributed by atoms with E-state index in [9.17, 15) is 4.79 Å². The SMILES string of the molecule is CCc1cccc2sc(N(CCCn3ccnc3)C(=O)c3cccs3)nc12. The Labute approximate surface area is 165 Å². The quantitative estimate of drug-likeness (QED) is 0.448. The summed E-state index contributed by atoms with van der Waals surface area (Å²) < 4.78 is 3.16. The molecule has 0 spiro atoms. The maximum atomic E-state index is 13.1. The van der Waals surface area contributed by atoms with Gasteiger partial charge in [-0.3, -0.25) is 9.69 Å². The highest BCUT2D eigenvalue weighted by Crippen LogP contribution is 2.32. The van der Waals surface area contributed by atoms with Crippen LogP contribution in [0, 0.1) is 0 Å². The van der Waals surface area contributed by atoms with Crippen molar-refractivity contribution in [3.63, 3.8) is 0 Å². The molecule has 0 aliphatic rings. The summed E-state index contributed by atoms with van der Waals surface area (Å²) in [6.07, 6.45) is 7.28. The highest BCUT2D eigenvalue weighted by Gasteiger charge is 2.22. The number of amides is 1. The van der Waals surface area contributed by atoms with E-state index < -0.39 is 0 Å². The Bertz CT molecular complexity index is 1020. The number of imidazole rings is 1. The number of benzene rings is 1. The van der Waals surface area contributed by atoms with Crippen LogP contribution in [0.25, 0.3) is 10.2 Å². The minimum atomic E-state index is 0.0211. The molecule has 1 aromatic carbocycles. The first kappa shape index (κ1) is 17.9. The second-order valence-electron chi connectivity index (χ2n) is 6.20. The third-order valence-electron chi connectivity index (χ3n) is 4.44. The van der Waals surface area contributed by atoms with Gasteiger partial charge >= 0.3 is 0 Å². The highest BCUT2D eigenvalue weighted by atomic mass is 32.1. The molecular formula is C20H20N4OS2. The van der Waals surface area contributed by atoms with Crippen LogP contribution in [-0.2, 0) is 13.0 Å². The van der Waals surface area contributed by atoms with Gasteiger partial charge in [0.1, 0.15) is 0 Å². The Balaban J connectivity index is 1.63. The number of para-hydroxylation sites is 1. The highest BCUT2D eigenvalue weighted by molar-refractivity contribution is 7.22. The van der Waals surface area contributed by atoms with E-state index in [1.165, 1.54) is 16.9 Å². The number of carbonyl (C=O) groups is 1. The first-order chi connectivity index (χ1) is 13.3. The lowest BCUT2D eigenvalue weighted by molar-refractivity contribution is 0.0990. The topological polar surface area (TPSA) is 51.0 Å². The van der Waals surface area contributed by atoms with Crippen molar-refractivity contribution in [2.75, 3.05) is 11.4 Å².